The highest BCUT2D eigenvalue weighted by Crippen LogP contribution is 2.32. The normalized spacial score (nSPS) is 21.9. The van der Waals surface area contributed by atoms with Gasteiger partial charge in [-0.3, -0.25) is 4.79 Å². The van der Waals surface area contributed by atoms with E-state index in [1.54, 1.807) is 30.3 Å². The van der Waals surface area contributed by atoms with E-state index in [2.05, 4.69) is 5.32 Å². The first-order chi connectivity index (χ1) is 16.4. The summed E-state index contributed by atoms with van der Waals surface area (Å²) < 4.78 is 31.0. The summed E-state index contributed by atoms with van der Waals surface area (Å²) in [7, 11) is 0. The fourth-order valence-electron chi connectivity index (χ4n) is 4.73. The zero-order valence-corrected chi connectivity index (χ0v) is 20.1. The number of ether oxygens (including phenoxy) is 2. The molecule has 1 aromatic heterocycles. The molecule has 0 bridgehead atoms. The van der Waals surface area contributed by atoms with Crippen LogP contribution in [0.25, 0.3) is 11.0 Å². The van der Waals surface area contributed by atoms with Crippen molar-refractivity contribution in [2.45, 2.75) is 43.7 Å². The van der Waals surface area contributed by atoms with Crippen LogP contribution in [0.1, 0.15) is 42.7 Å². The largest absolute Gasteiger partial charge is 0.481 e. The van der Waals surface area contributed by atoms with Crippen molar-refractivity contribution in [3.8, 4) is 5.75 Å². The second-order valence-electron chi connectivity index (χ2n) is 9.37. The second-order valence-corrected chi connectivity index (χ2v) is 10.2. The summed E-state index contributed by atoms with van der Waals surface area (Å²) in [4.78, 5) is 12.8. The van der Waals surface area contributed by atoms with Crippen LogP contribution >= 0.6 is 23.2 Å². The van der Waals surface area contributed by atoms with E-state index >= 15 is 0 Å². The van der Waals surface area contributed by atoms with Crippen LogP contribution in [0.3, 0.4) is 0 Å². The minimum atomic E-state index is -0.503. The molecule has 2 fully saturated rings. The summed E-state index contributed by atoms with van der Waals surface area (Å²) in [5, 5.41) is 5.14. The highest BCUT2D eigenvalue weighted by molar-refractivity contribution is 6.31. The highest BCUT2D eigenvalue weighted by Gasteiger charge is 2.42. The number of carbonyl (C=O) groups excluding carboxylic acids is 1. The number of Topliss-reactive ketones (excluding diaryl/α,β-unsaturated/α-hetero) is 1. The number of nitrogens with one attached hydrogen (secondary N) is 1. The van der Waals surface area contributed by atoms with Gasteiger partial charge in [0.05, 0.1) is 18.2 Å². The molecule has 0 unspecified atom stereocenters. The van der Waals surface area contributed by atoms with Crippen molar-refractivity contribution in [1.82, 2.24) is 5.32 Å². The molecule has 3 aromatic rings. The number of furan rings is 1. The number of hydrogen-bond donors (Lipinski definition) is 1. The van der Waals surface area contributed by atoms with Gasteiger partial charge in [0.25, 0.3) is 0 Å². The smallest absolute Gasteiger partial charge is 0.198 e. The van der Waals surface area contributed by atoms with Crippen LogP contribution in [0, 0.1) is 11.7 Å². The van der Waals surface area contributed by atoms with E-state index < -0.39 is 11.4 Å². The SMILES string of the molecule is O=C(CC1CCC(NCC2(Oc3ccc(Cl)c(F)c3)COC2)CC1)c1cc2cc(Cl)ccc2o1. The van der Waals surface area contributed by atoms with Gasteiger partial charge in [-0.2, -0.15) is 0 Å². The Bertz CT molecular complexity index is 1180. The Balaban J connectivity index is 1.10. The van der Waals surface area contributed by atoms with Gasteiger partial charge in [-0.05, 0) is 68.0 Å². The number of fused-ring (bicyclic) bond motifs is 1. The van der Waals surface area contributed by atoms with Crippen molar-refractivity contribution in [2.75, 3.05) is 19.8 Å². The third-order valence-corrected chi connectivity index (χ3v) is 7.28. The predicted octanol–water partition coefficient (Wildman–Crippen LogP) is 6.45. The molecule has 1 N–H and O–H groups in total. The van der Waals surface area contributed by atoms with Gasteiger partial charge >= 0.3 is 0 Å². The molecule has 0 atom stereocenters. The minimum Gasteiger partial charge on any atom is -0.481 e. The van der Waals surface area contributed by atoms with E-state index in [9.17, 15) is 9.18 Å². The standard InChI is InChI=1S/C26H26Cl2FNO4/c27-18-3-8-24-17(10-18)11-25(33-24)23(31)9-16-1-4-19(5-2-16)30-13-26(14-32-15-26)34-20-6-7-21(28)22(29)12-20/h3,6-8,10-12,16,19,30H,1-2,4-5,9,13-15H2. The first-order valence-corrected chi connectivity index (χ1v) is 12.3. The zero-order valence-electron chi connectivity index (χ0n) is 18.6. The van der Waals surface area contributed by atoms with Crippen molar-refractivity contribution >= 4 is 40.0 Å². The molecule has 1 saturated carbocycles. The van der Waals surface area contributed by atoms with Crippen LogP contribution < -0.4 is 10.1 Å². The van der Waals surface area contributed by atoms with E-state index in [1.807, 2.05) is 0 Å². The van der Waals surface area contributed by atoms with E-state index in [4.69, 9.17) is 37.1 Å². The Morgan fingerprint density at radius 2 is 1.88 bits per heavy atom. The van der Waals surface area contributed by atoms with Crippen LogP contribution in [0.15, 0.2) is 46.9 Å². The van der Waals surface area contributed by atoms with Crippen molar-refractivity contribution in [1.29, 1.82) is 0 Å². The lowest BCUT2D eigenvalue weighted by Gasteiger charge is -2.43. The molecule has 1 aliphatic carbocycles. The van der Waals surface area contributed by atoms with Crippen LogP contribution in [-0.4, -0.2) is 37.2 Å². The molecule has 1 saturated heterocycles. The maximum Gasteiger partial charge on any atom is 0.198 e. The Kier molecular flexibility index (Phi) is 6.85. The minimum absolute atomic E-state index is 0.0397. The first-order valence-electron chi connectivity index (χ1n) is 11.6. The van der Waals surface area contributed by atoms with Crippen LogP contribution in [0.5, 0.6) is 5.75 Å². The molecule has 8 heteroatoms. The van der Waals surface area contributed by atoms with Crippen LogP contribution in [0.4, 0.5) is 4.39 Å². The Labute approximate surface area is 207 Å². The summed E-state index contributed by atoms with van der Waals surface area (Å²) in [5.74, 6) is 0.735. The molecule has 0 amide bonds. The van der Waals surface area contributed by atoms with Gasteiger partial charge in [-0.25, -0.2) is 4.39 Å². The number of carbonyl (C=O) groups is 1. The second kappa shape index (κ2) is 9.86. The number of benzene rings is 2. The molecule has 0 radical (unpaired) electrons. The molecule has 2 heterocycles. The number of halogens is 3. The van der Waals surface area contributed by atoms with Gasteiger partial charge in [0.2, 0.25) is 0 Å². The van der Waals surface area contributed by atoms with E-state index in [0.29, 0.717) is 60.3 Å². The summed E-state index contributed by atoms with van der Waals surface area (Å²) in [6.07, 6.45) is 4.41. The average molecular weight is 506 g/mol. The number of rotatable bonds is 8. The first kappa shape index (κ1) is 23.6. The maximum atomic E-state index is 13.8. The predicted molar refractivity (Wildman–Crippen MR) is 130 cm³/mol. The maximum absolute atomic E-state index is 13.8. The lowest BCUT2D eigenvalue weighted by molar-refractivity contribution is -0.159. The Hall–Kier alpha value is -2.12. The van der Waals surface area contributed by atoms with E-state index in [1.165, 1.54) is 12.1 Å². The monoisotopic (exact) mass is 505 g/mol. The molecule has 5 nitrogen and oxygen atoms in total. The molecule has 2 aliphatic rings. The lowest BCUT2D eigenvalue weighted by Crippen LogP contribution is -2.61. The fraction of sp³-hybridized carbons (Fsp3) is 0.423. The van der Waals surface area contributed by atoms with Crippen LogP contribution in [0.2, 0.25) is 10.0 Å². The van der Waals surface area contributed by atoms with Crippen LogP contribution in [-0.2, 0) is 4.74 Å². The molecule has 2 aromatic carbocycles. The summed E-state index contributed by atoms with van der Waals surface area (Å²) in [5.41, 5.74) is 0.176. The molecule has 34 heavy (non-hydrogen) atoms. The quantitative estimate of drug-likeness (QED) is 0.356. The number of hydrogen-bond acceptors (Lipinski definition) is 5. The lowest BCUT2D eigenvalue weighted by atomic mass is 9.82. The van der Waals surface area contributed by atoms with E-state index in [0.717, 1.165) is 31.1 Å². The Morgan fingerprint density at radius 3 is 2.59 bits per heavy atom. The molecule has 5 rings (SSSR count). The van der Waals surface area contributed by atoms with Gasteiger partial charge in [-0.15, -0.1) is 0 Å². The van der Waals surface area contributed by atoms with Crippen molar-refractivity contribution in [2.24, 2.45) is 5.92 Å². The average Bonchev–Trinajstić information content (AvgIpc) is 3.22. The van der Waals surface area contributed by atoms with E-state index in [-0.39, 0.29) is 10.8 Å². The topological polar surface area (TPSA) is 60.7 Å². The highest BCUT2D eigenvalue weighted by atomic mass is 35.5. The molecule has 180 valence electrons. The van der Waals surface area contributed by atoms with Gasteiger partial charge in [0, 0.05) is 35.5 Å². The Morgan fingerprint density at radius 1 is 1.09 bits per heavy atom. The fourth-order valence-corrected chi connectivity index (χ4v) is 5.03. The van der Waals surface area contributed by atoms with Crippen molar-refractivity contribution in [3.05, 3.63) is 64.1 Å². The van der Waals surface area contributed by atoms with Gasteiger partial charge < -0.3 is 19.2 Å². The van der Waals surface area contributed by atoms with Crippen molar-refractivity contribution in [3.63, 3.8) is 0 Å². The third-order valence-electron chi connectivity index (χ3n) is 6.74. The van der Waals surface area contributed by atoms with Gasteiger partial charge in [-0.1, -0.05) is 23.2 Å². The summed E-state index contributed by atoms with van der Waals surface area (Å²) in [6.45, 7) is 1.53. The third kappa shape index (κ3) is 5.25. The molecular weight excluding hydrogens is 480 g/mol. The number of ketones is 1. The zero-order chi connectivity index (χ0) is 23.7. The molecular formula is C26H26Cl2FNO4. The molecule has 0 spiro atoms. The van der Waals surface area contributed by atoms with Gasteiger partial charge in [0.15, 0.2) is 17.1 Å². The molecule has 1 aliphatic heterocycles. The summed E-state index contributed by atoms with van der Waals surface area (Å²) >= 11 is 11.8. The summed E-state index contributed by atoms with van der Waals surface area (Å²) in [6, 6.07) is 12.0. The van der Waals surface area contributed by atoms with Crippen molar-refractivity contribution < 1.29 is 23.1 Å². The van der Waals surface area contributed by atoms with Gasteiger partial charge in [0.1, 0.15) is 17.1 Å².